The molecule has 2 aromatic heterocycles. The van der Waals surface area contributed by atoms with Crippen LogP contribution < -0.4 is 0 Å². The molecule has 3 heterocycles. The Hall–Kier alpha value is -3.12. The highest BCUT2D eigenvalue weighted by atomic mass is 32.2. The summed E-state index contributed by atoms with van der Waals surface area (Å²) < 4.78 is 0. The number of benzene rings is 2. The first-order valence-electron chi connectivity index (χ1n) is 10.2. The maximum Gasteiger partial charge on any atom is 0.256 e. The van der Waals surface area contributed by atoms with Crippen molar-refractivity contribution in [2.45, 2.75) is 28.7 Å². The number of carbonyl (C=O) groups is 1. The van der Waals surface area contributed by atoms with Gasteiger partial charge in [0.05, 0.1) is 16.6 Å². The molecule has 0 radical (unpaired) electrons. The van der Waals surface area contributed by atoms with Gasteiger partial charge in [-0.3, -0.25) is 4.79 Å². The summed E-state index contributed by atoms with van der Waals surface area (Å²) in [5, 5.41) is 0.750. The molecule has 5 rings (SSSR count). The first-order valence-corrected chi connectivity index (χ1v) is 11.0. The number of nitrogens with zero attached hydrogens (tertiary/aromatic N) is 3. The van der Waals surface area contributed by atoms with Crippen LogP contribution >= 0.6 is 11.8 Å². The van der Waals surface area contributed by atoms with E-state index >= 15 is 0 Å². The topological polar surface area (TPSA) is 61.9 Å². The zero-order valence-electron chi connectivity index (χ0n) is 16.5. The molecule has 0 aliphatic carbocycles. The molecule has 1 aliphatic heterocycles. The largest absolute Gasteiger partial charge is 0.342 e. The van der Waals surface area contributed by atoms with Gasteiger partial charge in [-0.05, 0) is 49.2 Å². The van der Waals surface area contributed by atoms with Crippen LogP contribution in [0, 0.1) is 0 Å². The number of H-pyrrole nitrogens is 1. The number of nitrogens with one attached hydrogen (secondary N) is 1. The number of fused-ring (bicyclic) bond motifs is 1. The van der Waals surface area contributed by atoms with Gasteiger partial charge in [0.25, 0.3) is 5.91 Å². The van der Waals surface area contributed by atoms with Crippen molar-refractivity contribution in [2.75, 3.05) is 13.1 Å². The fraction of sp³-hybridized carbons (Fsp3) is 0.208. The first kappa shape index (κ1) is 18.9. The Morgan fingerprint density at radius 1 is 1.03 bits per heavy atom. The third-order valence-electron chi connectivity index (χ3n) is 5.46. The molecule has 1 aliphatic rings. The number of pyridine rings is 1. The van der Waals surface area contributed by atoms with Crippen LogP contribution in [0.4, 0.5) is 0 Å². The smallest absolute Gasteiger partial charge is 0.256 e. The number of aromatic amines is 1. The Labute approximate surface area is 179 Å². The molecule has 5 nitrogen and oxygen atoms in total. The average Bonchev–Trinajstić information content (AvgIpc) is 3.24. The molecular weight excluding hydrogens is 392 g/mol. The van der Waals surface area contributed by atoms with E-state index in [0.717, 1.165) is 46.2 Å². The molecule has 0 bridgehead atoms. The summed E-state index contributed by atoms with van der Waals surface area (Å²) in [6, 6.07) is 21.8. The van der Waals surface area contributed by atoms with E-state index in [9.17, 15) is 4.79 Å². The van der Waals surface area contributed by atoms with E-state index in [1.807, 2.05) is 71.6 Å². The van der Waals surface area contributed by atoms with Crippen molar-refractivity contribution in [1.29, 1.82) is 0 Å². The molecule has 1 atom stereocenters. The first-order chi connectivity index (χ1) is 14.8. The summed E-state index contributed by atoms with van der Waals surface area (Å²) in [4.78, 5) is 29.1. The Bertz CT molecular complexity index is 1140. The zero-order valence-corrected chi connectivity index (χ0v) is 17.3. The number of imidazole rings is 1. The SMILES string of the molecule is O=C(c1cccnc1Sc1ccccc1)N1CCCC(c2nc3ccccc3[nH]2)C1. The van der Waals surface area contributed by atoms with Gasteiger partial charge in [0.1, 0.15) is 10.9 Å². The molecule has 0 spiro atoms. The Kier molecular flexibility index (Phi) is 5.24. The molecular formula is C24H22N4OS. The van der Waals surface area contributed by atoms with E-state index in [2.05, 4.69) is 9.97 Å². The second-order valence-corrected chi connectivity index (χ2v) is 8.56. The maximum absolute atomic E-state index is 13.4. The van der Waals surface area contributed by atoms with Crippen LogP contribution in [0.1, 0.15) is 34.9 Å². The van der Waals surface area contributed by atoms with E-state index in [1.165, 1.54) is 11.8 Å². The molecule has 1 N–H and O–H groups in total. The van der Waals surface area contributed by atoms with E-state index in [1.54, 1.807) is 6.20 Å². The number of carbonyl (C=O) groups excluding carboxylic acids is 1. The molecule has 6 heteroatoms. The van der Waals surface area contributed by atoms with Crippen LogP contribution in [0.25, 0.3) is 11.0 Å². The predicted molar refractivity (Wildman–Crippen MR) is 119 cm³/mol. The van der Waals surface area contributed by atoms with Crippen molar-refractivity contribution in [1.82, 2.24) is 19.9 Å². The molecule has 0 saturated carbocycles. The van der Waals surface area contributed by atoms with Crippen molar-refractivity contribution >= 4 is 28.7 Å². The van der Waals surface area contributed by atoms with E-state index in [4.69, 9.17) is 4.98 Å². The van der Waals surface area contributed by atoms with Crippen LogP contribution in [0.15, 0.2) is 82.8 Å². The molecule has 1 saturated heterocycles. The number of likely N-dealkylation sites (tertiary alicyclic amines) is 1. The van der Waals surface area contributed by atoms with Gasteiger partial charge in [-0.25, -0.2) is 9.97 Å². The highest BCUT2D eigenvalue weighted by Crippen LogP contribution is 2.31. The highest BCUT2D eigenvalue weighted by Gasteiger charge is 2.28. The number of para-hydroxylation sites is 2. The van der Waals surface area contributed by atoms with Crippen molar-refractivity contribution < 1.29 is 4.79 Å². The molecule has 1 amide bonds. The summed E-state index contributed by atoms with van der Waals surface area (Å²) in [6.07, 6.45) is 3.74. The fourth-order valence-electron chi connectivity index (χ4n) is 3.96. The average molecular weight is 415 g/mol. The molecule has 4 aromatic rings. The standard InChI is InChI=1S/C24H22N4OS/c29-24(19-11-6-14-25-23(19)30-18-9-2-1-3-10-18)28-15-7-8-17(16-28)22-26-20-12-4-5-13-21(20)27-22/h1-6,9-14,17H,7-8,15-16H2,(H,26,27). The normalized spacial score (nSPS) is 16.7. The fourth-order valence-corrected chi connectivity index (χ4v) is 4.85. The Morgan fingerprint density at radius 3 is 2.73 bits per heavy atom. The summed E-state index contributed by atoms with van der Waals surface area (Å²) in [6.45, 7) is 1.43. The van der Waals surface area contributed by atoms with Gasteiger partial charge < -0.3 is 9.88 Å². The number of hydrogen-bond donors (Lipinski definition) is 1. The highest BCUT2D eigenvalue weighted by molar-refractivity contribution is 7.99. The minimum absolute atomic E-state index is 0.0438. The minimum atomic E-state index is 0.0438. The Balaban J connectivity index is 1.37. The van der Waals surface area contributed by atoms with Gasteiger partial charge in [0.15, 0.2) is 0 Å². The van der Waals surface area contributed by atoms with Gasteiger partial charge in [-0.1, -0.05) is 42.1 Å². The van der Waals surface area contributed by atoms with Crippen LogP contribution in [0.2, 0.25) is 0 Å². The molecule has 1 fully saturated rings. The summed E-state index contributed by atoms with van der Waals surface area (Å²) in [7, 11) is 0. The molecule has 1 unspecified atom stereocenters. The van der Waals surface area contributed by atoms with Gasteiger partial charge in [-0.15, -0.1) is 0 Å². The number of aromatic nitrogens is 3. The van der Waals surface area contributed by atoms with Crippen molar-refractivity contribution in [3.05, 3.63) is 84.3 Å². The molecule has 30 heavy (non-hydrogen) atoms. The van der Waals surface area contributed by atoms with Gasteiger partial charge in [0.2, 0.25) is 0 Å². The van der Waals surface area contributed by atoms with Gasteiger partial charge in [-0.2, -0.15) is 0 Å². The van der Waals surface area contributed by atoms with E-state index < -0.39 is 0 Å². The van der Waals surface area contributed by atoms with Crippen LogP contribution in [-0.2, 0) is 0 Å². The second kappa shape index (κ2) is 8.32. The number of hydrogen-bond acceptors (Lipinski definition) is 4. The molecule has 2 aromatic carbocycles. The second-order valence-electron chi connectivity index (χ2n) is 7.50. The lowest BCUT2D eigenvalue weighted by molar-refractivity contribution is 0.0700. The van der Waals surface area contributed by atoms with E-state index in [-0.39, 0.29) is 11.8 Å². The van der Waals surface area contributed by atoms with Gasteiger partial charge >= 0.3 is 0 Å². The molecule has 150 valence electrons. The Morgan fingerprint density at radius 2 is 1.87 bits per heavy atom. The zero-order chi connectivity index (χ0) is 20.3. The number of rotatable bonds is 4. The van der Waals surface area contributed by atoms with Crippen molar-refractivity contribution in [3.63, 3.8) is 0 Å². The van der Waals surface area contributed by atoms with Crippen molar-refractivity contribution in [3.8, 4) is 0 Å². The van der Waals surface area contributed by atoms with Gasteiger partial charge in [0, 0.05) is 30.1 Å². The predicted octanol–water partition coefficient (Wildman–Crippen LogP) is 5.13. The van der Waals surface area contributed by atoms with Crippen molar-refractivity contribution in [2.24, 2.45) is 0 Å². The monoisotopic (exact) mass is 414 g/mol. The van der Waals surface area contributed by atoms with E-state index in [0.29, 0.717) is 12.1 Å². The lowest BCUT2D eigenvalue weighted by Gasteiger charge is -2.32. The number of amides is 1. The summed E-state index contributed by atoms with van der Waals surface area (Å²) >= 11 is 1.53. The third kappa shape index (κ3) is 3.83. The van der Waals surface area contributed by atoms with Crippen LogP contribution in [0.5, 0.6) is 0 Å². The third-order valence-corrected chi connectivity index (χ3v) is 6.49. The minimum Gasteiger partial charge on any atom is -0.342 e. The lowest BCUT2D eigenvalue weighted by Crippen LogP contribution is -2.39. The number of piperidine rings is 1. The maximum atomic E-state index is 13.4. The summed E-state index contributed by atoms with van der Waals surface area (Å²) in [5.74, 6) is 1.23. The summed E-state index contributed by atoms with van der Waals surface area (Å²) in [5.41, 5.74) is 2.69. The van der Waals surface area contributed by atoms with Crippen LogP contribution in [0.3, 0.4) is 0 Å². The quantitative estimate of drug-likeness (QED) is 0.503. The lowest BCUT2D eigenvalue weighted by atomic mass is 9.97. The van der Waals surface area contributed by atoms with Crippen LogP contribution in [-0.4, -0.2) is 38.8 Å².